The highest BCUT2D eigenvalue weighted by molar-refractivity contribution is 6.33. The van der Waals surface area contributed by atoms with E-state index in [1.165, 1.54) is 12.1 Å². The fourth-order valence-electron chi connectivity index (χ4n) is 4.55. The lowest BCUT2D eigenvalue weighted by Crippen LogP contribution is -2.44. The highest BCUT2D eigenvalue weighted by Crippen LogP contribution is 2.59. The van der Waals surface area contributed by atoms with Crippen molar-refractivity contribution < 1.29 is 4.74 Å². The van der Waals surface area contributed by atoms with Crippen LogP contribution < -0.4 is 5.73 Å². The number of likely N-dealkylation sites (tertiary alicyclic amines) is 1. The molecule has 0 amide bonds. The summed E-state index contributed by atoms with van der Waals surface area (Å²) in [5.41, 5.74) is 8.92. The lowest BCUT2D eigenvalue weighted by Gasteiger charge is -2.36. The molecule has 1 saturated carbocycles. The van der Waals surface area contributed by atoms with Gasteiger partial charge in [0.2, 0.25) is 0 Å². The Kier molecular flexibility index (Phi) is 3.78. The van der Waals surface area contributed by atoms with Crippen molar-refractivity contribution in [1.29, 1.82) is 0 Å². The maximum Gasteiger partial charge on any atom is 0.142 e. The largest absolute Gasteiger partial charge is 0.382 e. The molecule has 6 nitrogen and oxygen atoms in total. The van der Waals surface area contributed by atoms with Gasteiger partial charge in [0.15, 0.2) is 0 Å². The molecule has 4 atom stereocenters. The van der Waals surface area contributed by atoms with Gasteiger partial charge < -0.3 is 10.5 Å². The molecule has 7 heteroatoms. The van der Waals surface area contributed by atoms with Crippen LogP contribution in [-0.2, 0) is 4.74 Å². The zero-order valence-corrected chi connectivity index (χ0v) is 15.9. The van der Waals surface area contributed by atoms with Gasteiger partial charge in [-0.05, 0) is 37.8 Å². The van der Waals surface area contributed by atoms with Crippen molar-refractivity contribution in [1.82, 2.24) is 19.7 Å². The summed E-state index contributed by atoms with van der Waals surface area (Å²) in [6, 6.07) is 4.39. The minimum Gasteiger partial charge on any atom is -0.382 e. The Morgan fingerprint density at radius 3 is 2.58 bits per heavy atom. The summed E-state index contributed by atoms with van der Waals surface area (Å²) < 4.78 is 7.82. The molecule has 2 N–H and O–H groups in total. The number of aromatic nitrogens is 3. The van der Waals surface area contributed by atoms with Crippen molar-refractivity contribution in [2.24, 2.45) is 11.8 Å². The van der Waals surface area contributed by atoms with E-state index in [0.29, 0.717) is 29.0 Å². The third-order valence-corrected chi connectivity index (χ3v) is 6.37. The molecular weight excluding hydrogens is 350 g/mol. The van der Waals surface area contributed by atoms with Gasteiger partial charge in [-0.25, -0.2) is 4.98 Å². The second-order valence-corrected chi connectivity index (χ2v) is 8.41. The number of nitrogens with zero attached hydrogens (tertiary/aromatic N) is 4. The monoisotopic (exact) mass is 373 g/mol. The Labute approximate surface area is 158 Å². The molecule has 3 fully saturated rings. The van der Waals surface area contributed by atoms with Crippen LogP contribution in [-0.4, -0.2) is 45.6 Å². The minimum atomic E-state index is 0.323. The molecule has 0 spiro atoms. The number of ether oxygens (including phenoxy) is 1. The quantitative estimate of drug-likeness (QED) is 0.891. The van der Waals surface area contributed by atoms with Gasteiger partial charge in [-0.15, -0.1) is 0 Å². The van der Waals surface area contributed by atoms with Crippen molar-refractivity contribution in [3.05, 3.63) is 29.0 Å². The zero-order chi connectivity index (χ0) is 18.0. The molecule has 0 radical (unpaired) electrons. The van der Waals surface area contributed by atoms with Gasteiger partial charge in [0, 0.05) is 48.9 Å². The van der Waals surface area contributed by atoms with Crippen LogP contribution in [0.15, 0.2) is 18.3 Å². The number of nitrogens with two attached hydrogens (primary N) is 1. The first kappa shape index (κ1) is 16.5. The first-order valence-corrected chi connectivity index (χ1v) is 9.77. The van der Waals surface area contributed by atoms with Crippen molar-refractivity contribution in [2.45, 2.75) is 38.5 Å². The second kappa shape index (κ2) is 5.94. The van der Waals surface area contributed by atoms with E-state index in [9.17, 15) is 0 Å². The molecule has 2 aromatic heterocycles. The molecule has 4 heterocycles. The van der Waals surface area contributed by atoms with Crippen molar-refractivity contribution in [3.63, 3.8) is 0 Å². The number of fused-ring (bicyclic) bond motifs is 1. The average Bonchev–Trinajstić information content (AvgIpc) is 2.94. The maximum absolute atomic E-state index is 6.15. The first-order valence-electron chi connectivity index (χ1n) is 9.39. The van der Waals surface area contributed by atoms with E-state index < -0.39 is 0 Å². The summed E-state index contributed by atoms with van der Waals surface area (Å²) in [6.07, 6.45) is 3.31. The zero-order valence-electron chi connectivity index (χ0n) is 15.1. The SMILES string of the molecule is CC(C)n1nc(-c2cnc(N)c(Cl)c2)cc1[C@H]1[C@@H]2CN(C3CCO3)C[C@@H]21. The van der Waals surface area contributed by atoms with Crippen LogP contribution in [0.25, 0.3) is 11.3 Å². The minimum absolute atomic E-state index is 0.323. The molecule has 138 valence electrons. The van der Waals surface area contributed by atoms with Crippen molar-refractivity contribution in [2.75, 3.05) is 25.4 Å². The molecule has 1 aliphatic carbocycles. The van der Waals surface area contributed by atoms with Crippen molar-refractivity contribution >= 4 is 17.4 Å². The van der Waals surface area contributed by atoms with E-state index in [0.717, 1.165) is 42.8 Å². The van der Waals surface area contributed by atoms with Crippen LogP contribution in [0.1, 0.15) is 37.9 Å². The molecule has 0 bridgehead atoms. The van der Waals surface area contributed by atoms with E-state index in [1.807, 2.05) is 6.07 Å². The fraction of sp³-hybridized carbons (Fsp3) is 0.579. The molecule has 1 unspecified atom stereocenters. The van der Waals surface area contributed by atoms with Gasteiger partial charge in [-0.1, -0.05) is 11.6 Å². The third kappa shape index (κ3) is 2.54. The summed E-state index contributed by atoms with van der Waals surface area (Å²) in [4.78, 5) is 6.69. The van der Waals surface area contributed by atoms with E-state index in [4.69, 9.17) is 27.2 Å². The number of rotatable bonds is 4. The number of nitrogen functional groups attached to an aromatic ring is 1. The first-order chi connectivity index (χ1) is 12.5. The Balaban J connectivity index is 1.41. The normalized spacial score (nSPS) is 30.5. The van der Waals surface area contributed by atoms with E-state index in [1.54, 1.807) is 6.20 Å². The summed E-state index contributed by atoms with van der Waals surface area (Å²) in [6.45, 7) is 7.58. The summed E-state index contributed by atoms with van der Waals surface area (Å²) in [7, 11) is 0. The predicted molar refractivity (Wildman–Crippen MR) is 101 cm³/mol. The standard InChI is InChI=1S/C19H24ClN5O/c1-10(2)25-16(6-15(23-25)11-5-14(20)19(21)22-7-11)18-12-8-24(9-13(12)18)17-3-4-26-17/h5-7,10,12-13,17-18H,3-4,8-9H2,1-2H3,(H2,21,22)/t12-,13+,17?,18+. The highest BCUT2D eigenvalue weighted by Gasteiger charge is 2.59. The predicted octanol–water partition coefficient (Wildman–Crippen LogP) is 3.15. The number of anilines is 1. The lowest BCUT2D eigenvalue weighted by molar-refractivity contribution is -0.140. The van der Waals surface area contributed by atoms with E-state index in [-0.39, 0.29) is 0 Å². The molecule has 2 aromatic rings. The lowest BCUT2D eigenvalue weighted by atomic mass is 10.1. The Bertz CT molecular complexity index is 834. The smallest absolute Gasteiger partial charge is 0.142 e. The third-order valence-electron chi connectivity index (χ3n) is 6.07. The van der Waals surface area contributed by atoms with Gasteiger partial charge >= 0.3 is 0 Å². The Morgan fingerprint density at radius 2 is 2.00 bits per heavy atom. The van der Waals surface area contributed by atoms with Gasteiger partial charge in [0.1, 0.15) is 12.0 Å². The van der Waals surface area contributed by atoms with Crippen LogP contribution in [0.5, 0.6) is 0 Å². The van der Waals surface area contributed by atoms with Gasteiger partial charge in [-0.3, -0.25) is 9.58 Å². The number of pyridine rings is 1. The summed E-state index contributed by atoms with van der Waals surface area (Å²) in [5, 5.41) is 5.33. The Morgan fingerprint density at radius 1 is 1.27 bits per heavy atom. The number of hydrogen-bond acceptors (Lipinski definition) is 5. The highest BCUT2D eigenvalue weighted by atomic mass is 35.5. The van der Waals surface area contributed by atoms with Crippen LogP contribution in [0, 0.1) is 11.8 Å². The van der Waals surface area contributed by atoms with Gasteiger partial charge in [-0.2, -0.15) is 5.10 Å². The summed E-state index contributed by atoms with van der Waals surface area (Å²) in [5.74, 6) is 2.42. The number of piperidine rings is 1. The second-order valence-electron chi connectivity index (χ2n) is 8.01. The molecule has 0 aromatic carbocycles. The molecule has 5 rings (SSSR count). The summed E-state index contributed by atoms with van der Waals surface area (Å²) >= 11 is 6.15. The van der Waals surface area contributed by atoms with Crippen molar-refractivity contribution in [3.8, 4) is 11.3 Å². The fourth-order valence-corrected chi connectivity index (χ4v) is 4.71. The molecule has 2 saturated heterocycles. The van der Waals surface area contributed by atoms with Crippen LogP contribution in [0.2, 0.25) is 5.02 Å². The van der Waals surface area contributed by atoms with E-state index >= 15 is 0 Å². The topological polar surface area (TPSA) is 69.2 Å². The Hall–Kier alpha value is -1.63. The molecule has 3 aliphatic rings. The van der Waals surface area contributed by atoms with E-state index in [2.05, 4.69) is 34.5 Å². The number of halogens is 1. The van der Waals surface area contributed by atoms with Crippen LogP contribution in [0.3, 0.4) is 0 Å². The molecular formula is C19H24ClN5O. The van der Waals surface area contributed by atoms with Crippen LogP contribution >= 0.6 is 11.6 Å². The van der Waals surface area contributed by atoms with Gasteiger partial charge in [0.05, 0.1) is 17.3 Å². The average molecular weight is 374 g/mol. The molecule has 26 heavy (non-hydrogen) atoms. The number of hydrogen-bond donors (Lipinski definition) is 1. The van der Waals surface area contributed by atoms with Crippen LogP contribution in [0.4, 0.5) is 5.82 Å². The maximum atomic E-state index is 6.15. The van der Waals surface area contributed by atoms with Gasteiger partial charge in [0.25, 0.3) is 0 Å². The molecule has 2 aliphatic heterocycles.